The number of aromatic nitrogens is 2. The van der Waals surface area contributed by atoms with E-state index in [2.05, 4.69) is 29.5 Å². The Morgan fingerprint density at radius 2 is 2.00 bits per heavy atom. The highest BCUT2D eigenvalue weighted by atomic mass is 35.5. The molecule has 21 heavy (non-hydrogen) atoms. The molecule has 1 aromatic heterocycles. The molecule has 1 heterocycles. The van der Waals surface area contributed by atoms with Crippen LogP contribution in [0.3, 0.4) is 0 Å². The third-order valence-electron chi connectivity index (χ3n) is 3.52. The zero-order valence-corrected chi connectivity index (χ0v) is 14.0. The number of nitrogens with one attached hydrogen (secondary N) is 1. The van der Waals surface area contributed by atoms with Crippen LogP contribution in [0.25, 0.3) is 0 Å². The molecule has 2 rings (SSSR count). The van der Waals surface area contributed by atoms with Crippen molar-refractivity contribution >= 4 is 23.2 Å². The number of aryl methyl sites for hydroxylation is 2. The van der Waals surface area contributed by atoms with E-state index >= 15 is 0 Å². The summed E-state index contributed by atoms with van der Waals surface area (Å²) in [5, 5.41) is 8.66. The molecule has 0 bridgehead atoms. The van der Waals surface area contributed by atoms with Gasteiger partial charge in [0.05, 0.1) is 16.4 Å². The predicted octanol–water partition coefficient (Wildman–Crippen LogP) is 3.80. The van der Waals surface area contributed by atoms with Crippen LogP contribution in [-0.4, -0.2) is 21.7 Å². The first-order chi connectivity index (χ1) is 10.2. The monoisotopic (exact) mass is 325 g/mol. The van der Waals surface area contributed by atoms with Gasteiger partial charge in [0.1, 0.15) is 0 Å². The highest BCUT2D eigenvalue weighted by molar-refractivity contribution is 6.31. The van der Waals surface area contributed by atoms with Crippen molar-refractivity contribution in [3.05, 3.63) is 52.3 Å². The normalized spacial score (nSPS) is 12.6. The summed E-state index contributed by atoms with van der Waals surface area (Å²) in [5.41, 5.74) is 3.18. The van der Waals surface area contributed by atoms with Gasteiger partial charge < -0.3 is 5.32 Å². The Morgan fingerprint density at radius 3 is 2.62 bits per heavy atom. The molecule has 0 aliphatic heterocycles. The van der Waals surface area contributed by atoms with Crippen LogP contribution in [0, 0.1) is 6.92 Å². The molecular formula is C16H21Cl2N3. The average Bonchev–Trinajstić information content (AvgIpc) is 2.79. The summed E-state index contributed by atoms with van der Waals surface area (Å²) in [4.78, 5) is 0. The maximum atomic E-state index is 6.32. The Bertz CT molecular complexity index is 566. The van der Waals surface area contributed by atoms with Crippen molar-refractivity contribution in [1.82, 2.24) is 15.1 Å². The fourth-order valence-electron chi connectivity index (χ4n) is 2.36. The number of benzene rings is 1. The van der Waals surface area contributed by atoms with E-state index < -0.39 is 0 Å². The molecule has 0 amide bonds. The molecule has 1 unspecified atom stereocenters. The van der Waals surface area contributed by atoms with Crippen LogP contribution in [0.1, 0.15) is 23.9 Å². The molecule has 5 heteroatoms. The van der Waals surface area contributed by atoms with E-state index in [9.17, 15) is 0 Å². The molecule has 1 aromatic carbocycles. The number of halogens is 2. The van der Waals surface area contributed by atoms with Crippen LogP contribution in [0.4, 0.5) is 0 Å². The number of hydrogen-bond acceptors (Lipinski definition) is 2. The quantitative estimate of drug-likeness (QED) is 0.784. The Kier molecular flexibility index (Phi) is 6.09. The van der Waals surface area contributed by atoms with Gasteiger partial charge in [-0.15, -0.1) is 11.6 Å². The van der Waals surface area contributed by atoms with Gasteiger partial charge in [-0.2, -0.15) is 5.10 Å². The lowest BCUT2D eigenvalue weighted by Gasteiger charge is -2.17. The first kappa shape index (κ1) is 16.3. The molecule has 2 aromatic rings. The van der Waals surface area contributed by atoms with E-state index in [0.717, 1.165) is 29.4 Å². The molecule has 0 spiro atoms. The van der Waals surface area contributed by atoms with Crippen molar-refractivity contribution in [2.24, 2.45) is 0 Å². The van der Waals surface area contributed by atoms with Crippen molar-refractivity contribution in [3.63, 3.8) is 0 Å². The summed E-state index contributed by atoms with van der Waals surface area (Å²) in [6.45, 7) is 5.49. The van der Waals surface area contributed by atoms with Gasteiger partial charge in [-0.1, -0.05) is 41.9 Å². The number of rotatable bonds is 7. The highest BCUT2D eigenvalue weighted by Crippen LogP contribution is 2.20. The zero-order chi connectivity index (χ0) is 15.2. The summed E-state index contributed by atoms with van der Waals surface area (Å²) in [6, 6.07) is 10.6. The molecule has 3 nitrogen and oxygen atoms in total. The molecule has 0 saturated carbocycles. The Balaban J connectivity index is 2.00. The molecule has 114 valence electrons. The molecule has 0 radical (unpaired) electrons. The molecule has 1 atom stereocenters. The van der Waals surface area contributed by atoms with Gasteiger partial charge in [0.25, 0.3) is 0 Å². The summed E-state index contributed by atoms with van der Waals surface area (Å²) >= 11 is 12.4. The van der Waals surface area contributed by atoms with Gasteiger partial charge in [0.15, 0.2) is 0 Å². The van der Waals surface area contributed by atoms with Crippen LogP contribution in [0.2, 0.25) is 5.02 Å². The molecule has 0 aliphatic carbocycles. The lowest BCUT2D eigenvalue weighted by Crippen LogP contribution is -2.33. The first-order valence-corrected chi connectivity index (χ1v) is 8.12. The number of nitrogens with zero attached hydrogens (tertiary/aromatic N) is 2. The summed E-state index contributed by atoms with van der Waals surface area (Å²) in [7, 11) is 0. The third-order valence-corrected chi connectivity index (χ3v) is 4.39. The Morgan fingerprint density at radius 1 is 1.29 bits per heavy atom. The molecule has 1 N–H and O–H groups in total. The van der Waals surface area contributed by atoms with Gasteiger partial charge in [-0.3, -0.25) is 4.68 Å². The van der Waals surface area contributed by atoms with Crippen molar-refractivity contribution < 1.29 is 0 Å². The van der Waals surface area contributed by atoms with E-state index in [-0.39, 0.29) is 6.04 Å². The molecule has 0 saturated heterocycles. The molecular weight excluding hydrogens is 305 g/mol. The SMILES string of the molecule is CCn1nc(C)c(Cl)c1CNC(CCl)Cc1ccccc1. The second-order valence-corrected chi connectivity index (χ2v) is 5.77. The van der Waals surface area contributed by atoms with Gasteiger partial charge >= 0.3 is 0 Å². The largest absolute Gasteiger partial charge is 0.307 e. The second-order valence-electron chi connectivity index (χ2n) is 5.08. The maximum Gasteiger partial charge on any atom is 0.0860 e. The van der Waals surface area contributed by atoms with Crippen LogP contribution >= 0.6 is 23.2 Å². The van der Waals surface area contributed by atoms with Crippen LogP contribution in [0.5, 0.6) is 0 Å². The maximum absolute atomic E-state index is 6.32. The van der Waals surface area contributed by atoms with E-state index in [1.54, 1.807) is 0 Å². The van der Waals surface area contributed by atoms with Crippen molar-refractivity contribution in [2.45, 2.75) is 39.4 Å². The van der Waals surface area contributed by atoms with Crippen LogP contribution in [0.15, 0.2) is 30.3 Å². The minimum absolute atomic E-state index is 0.214. The van der Waals surface area contributed by atoms with Gasteiger partial charge in [0, 0.05) is 25.0 Å². The van der Waals surface area contributed by atoms with Gasteiger partial charge in [-0.05, 0) is 25.8 Å². The van der Waals surface area contributed by atoms with Crippen molar-refractivity contribution in [1.29, 1.82) is 0 Å². The fraction of sp³-hybridized carbons (Fsp3) is 0.438. The standard InChI is InChI=1S/C16H21Cl2N3/c1-3-21-15(16(18)12(2)20-21)11-19-14(10-17)9-13-7-5-4-6-8-13/h4-8,14,19H,3,9-11H2,1-2H3. The third kappa shape index (κ3) is 4.22. The summed E-state index contributed by atoms with van der Waals surface area (Å²) < 4.78 is 1.94. The molecule has 0 aliphatic rings. The zero-order valence-electron chi connectivity index (χ0n) is 12.4. The Labute approximate surface area is 136 Å². The smallest absolute Gasteiger partial charge is 0.0860 e. The van der Waals surface area contributed by atoms with Gasteiger partial charge in [0.2, 0.25) is 0 Å². The van der Waals surface area contributed by atoms with Crippen molar-refractivity contribution in [2.75, 3.05) is 5.88 Å². The lowest BCUT2D eigenvalue weighted by atomic mass is 10.1. The van der Waals surface area contributed by atoms with E-state index in [4.69, 9.17) is 23.2 Å². The van der Waals surface area contributed by atoms with E-state index in [0.29, 0.717) is 12.4 Å². The average molecular weight is 326 g/mol. The van der Waals surface area contributed by atoms with Crippen molar-refractivity contribution in [3.8, 4) is 0 Å². The first-order valence-electron chi connectivity index (χ1n) is 7.20. The summed E-state index contributed by atoms with van der Waals surface area (Å²) in [5.74, 6) is 0.561. The minimum atomic E-state index is 0.214. The van der Waals surface area contributed by atoms with Gasteiger partial charge in [-0.25, -0.2) is 0 Å². The number of alkyl halides is 1. The number of hydrogen-bond donors (Lipinski definition) is 1. The van der Waals surface area contributed by atoms with E-state index in [1.807, 2.05) is 29.8 Å². The lowest BCUT2D eigenvalue weighted by molar-refractivity contribution is 0.517. The highest BCUT2D eigenvalue weighted by Gasteiger charge is 2.14. The van der Waals surface area contributed by atoms with E-state index in [1.165, 1.54) is 5.56 Å². The summed E-state index contributed by atoms with van der Waals surface area (Å²) in [6.07, 6.45) is 0.904. The van der Waals surface area contributed by atoms with Crippen LogP contribution < -0.4 is 5.32 Å². The topological polar surface area (TPSA) is 29.9 Å². The fourth-order valence-corrected chi connectivity index (χ4v) is 2.78. The molecule has 0 fully saturated rings. The minimum Gasteiger partial charge on any atom is -0.307 e. The Hall–Kier alpha value is -1.03. The predicted molar refractivity (Wildman–Crippen MR) is 89.1 cm³/mol. The second kappa shape index (κ2) is 7.83. The van der Waals surface area contributed by atoms with Crippen LogP contribution in [-0.2, 0) is 19.5 Å².